The lowest BCUT2D eigenvalue weighted by Gasteiger charge is -2.28. The van der Waals surface area contributed by atoms with Crippen molar-refractivity contribution in [3.05, 3.63) is 64.7 Å². The predicted molar refractivity (Wildman–Crippen MR) is 125 cm³/mol. The number of halogens is 1. The average Bonchev–Trinajstić information content (AvgIpc) is 3.43. The summed E-state index contributed by atoms with van der Waals surface area (Å²) in [4.78, 5) is 30.5. The molecule has 7 heteroatoms. The summed E-state index contributed by atoms with van der Waals surface area (Å²) in [6.07, 6.45) is 5.12. The highest BCUT2D eigenvalue weighted by atomic mass is 32.2. The van der Waals surface area contributed by atoms with Crippen LogP contribution in [0, 0.1) is 23.6 Å². The smallest absolute Gasteiger partial charge is 0.266 e. The maximum absolute atomic E-state index is 14.6. The maximum atomic E-state index is 14.6. The van der Waals surface area contributed by atoms with E-state index in [4.69, 9.17) is 0 Å². The molecule has 5 nitrogen and oxygen atoms in total. The Balaban J connectivity index is 1.39. The molecule has 2 fully saturated rings. The first-order valence-corrected chi connectivity index (χ1v) is 12.2. The van der Waals surface area contributed by atoms with Crippen LogP contribution in [0.2, 0.25) is 0 Å². The van der Waals surface area contributed by atoms with E-state index in [1.54, 1.807) is 42.5 Å². The third-order valence-corrected chi connectivity index (χ3v) is 7.93. The van der Waals surface area contributed by atoms with Crippen LogP contribution in [0.3, 0.4) is 0 Å². The molecule has 1 aromatic heterocycles. The van der Waals surface area contributed by atoms with E-state index in [9.17, 15) is 14.0 Å². The first kappa shape index (κ1) is 21.2. The number of thioether (sulfide) groups is 1. The number of nitrogens with one attached hydrogen (secondary N) is 1. The quantitative estimate of drug-likeness (QED) is 0.441. The van der Waals surface area contributed by atoms with E-state index in [-0.39, 0.29) is 28.9 Å². The second kappa shape index (κ2) is 8.70. The summed E-state index contributed by atoms with van der Waals surface area (Å²) in [5.41, 5.74) is 0.316. The standard InChI is InChI=1S/C25H26FN3O2S/c1-15(19-13-16-10-11-17(19)12-16)27-23(30)14-32-25-28-21-8-4-2-6-18(21)24(31)29(25)22-9-5-3-7-20(22)26/h2-9,15-17,19H,10-14H2,1H3,(H,27,30). The molecule has 2 aromatic carbocycles. The number of amides is 1. The van der Waals surface area contributed by atoms with Gasteiger partial charge in [-0.05, 0) is 68.2 Å². The number of nitrogens with zero attached hydrogens (tertiary/aromatic N) is 2. The van der Waals surface area contributed by atoms with Gasteiger partial charge < -0.3 is 5.32 Å². The largest absolute Gasteiger partial charge is 0.353 e. The van der Waals surface area contributed by atoms with E-state index in [1.807, 2.05) is 0 Å². The molecule has 5 rings (SSSR count). The number of hydrogen-bond donors (Lipinski definition) is 1. The average molecular weight is 452 g/mol. The molecule has 2 aliphatic rings. The van der Waals surface area contributed by atoms with E-state index in [1.165, 1.54) is 36.3 Å². The first-order chi connectivity index (χ1) is 15.5. The Morgan fingerprint density at radius 2 is 1.97 bits per heavy atom. The van der Waals surface area contributed by atoms with Crippen molar-refractivity contribution in [2.75, 3.05) is 5.75 Å². The molecule has 1 heterocycles. The van der Waals surface area contributed by atoms with E-state index < -0.39 is 5.82 Å². The van der Waals surface area contributed by atoms with Crippen LogP contribution in [0.15, 0.2) is 58.5 Å². The highest BCUT2D eigenvalue weighted by Gasteiger charge is 2.42. The highest BCUT2D eigenvalue weighted by Crippen LogP contribution is 2.49. The third kappa shape index (κ3) is 3.94. The Morgan fingerprint density at radius 3 is 2.72 bits per heavy atom. The molecule has 1 amide bonds. The van der Waals surface area contributed by atoms with Crippen molar-refractivity contribution < 1.29 is 9.18 Å². The van der Waals surface area contributed by atoms with Gasteiger partial charge in [-0.3, -0.25) is 14.2 Å². The van der Waals surface area contributed by atoms with Crippen LogP contribution >= 0.6 is 11.8 Å². The zero-order valence-corrected chi connectivity index (χ0v) is 18.8. The van der Waals surface area contributed by atoms with E-state index >= 15 is 0 Å². The number of para-hydroxylation sites is 2. The normalized spacial score (nSPS) is 22.9. The minimum atomic E-state index is -0.511. The number of fused-ring (bicyclic) bond motifs is 3. The van der Waals surface area contributed by atoms with E-state index in [0.717, 1.165) is 23.6 Å². The Bertz CT molecular complexity index is 1230. The SMILES string of the molecule is CC(NC(=O)CSc1nc2ccccc2c(=O)n1-c1ccccc1F)C1CC2CCC1C2. The van der Waals surface area contributed by atoms with Crippen LogP contribution in [-0.4, -0.2) is 27.3 Å². The summed E-state index contributed by atoms with van der Waals surface area (Å²) in [6.45, 7) is 2.09. The molecule has 32 heavy (non-hydrogen) atoms. The Morgan fingerprint density at radius 1 is 1.19 bits per heavy atom. The summed E-state index contributed by atoms with van der Waals surface area (Å²) in [6, 6.07) is 13.3. The van der Waals surface area contributed by atoms with Gasteiger partial charge in [0.15, 0.2) is 5.16 Å². The van der Waals surface area contributed by atoms with Gasteiger partial charge in [0.25, 0.3) is 5.56 Å². The van der Waals surface area contributed by atoms with Crippen LogP contribution in [0.4, 0.5) is 4.39 Å². The molecule has 4 atom stereocenters. The van der Waals surface area contributed by atoms with Gasteiger partial charge in [-0.1, -0.05) is 42.4 Å². The van der Waals surface area contributed by atoms with Crippen molar-refractivity contribution in [2.45, 2.75) is 43.8 Å². The molecule has 4 unspecified atom stereocenters. The van der Waals surface area contributed by atoms with Crippen LogP contribution < -0.4 is 10.9 Å². The minimum absolute atomic E-state index is 0.0900. The summed E-state index contributed by atoms with van der Waals surface area (Å²) < 4.78 is 15.8. The fraction of sp³-hybridized carbons (Fsp3) is 0.400. The van der Waals surface area contributed by atoms with Crippen LogP contribution in [0.25, 0.3) is 16.6 Å². The van der Waals surface area contributed by atoms with Crippen LogP contribution in [0.1, 0.15) is 32.6 Å². The lowest BCUT2D eigenvalue weighted by atomic mass is 9.84. The minimum Gasteiger partial charge on any atom is -0.353 e. The topological polar surface area (TPSA) is 64.0 Å². The molecule has 2 saturated carbocycles. The van der Waals surface area contributed by atoms with Crippen molar-refractivity contribution >= 4 is 28.6 Å². The predicted octanol–water partition coefficient (Wildman–Crippen LogP) is 4.56. The molecule has 166 valence electrons. The number of carbonyl (C=O) groups is 1. The lowest BCUT2D eigenvalue weighted by molar-refractivity contribution is -0.119. The zero-order chi connectivity index (χ0) is 22.2. The Kier molecular flexibility index (Phi) is 5.76. The van der Waals surface area contributed by atoms with Crippen molar-refractivity contribution in [3.8, 4) is 5.69 Å². The third-order valence-electron chi connectivity index (χ3n) is 6.99. The molecule has 2 aliphatic carbocycles. The summed E-state index contributed by atoms with van der Waals surface area (Å²) in [5, 5.41) is 3.87. The van der Waals surface area contributed by atoms with E-state index in [2.05, 4.69) is 17.2 Å². The number of carbonyl (C=O) groups excluding carboxylic acids is 1. The van der Waals surface area contributed by atoms with Gasteiger partial charge in [0, 0.05) is 6.04 Å². The molecule has 1 N–H and O–H groups in total. The van der Waals surface area contributed by atoms with Crippen molar-refractivity contribution in [2.24, 2.45) is 17.8 Å². The molecule has 2 bridgehead atoms. The highest BCUT2D eigenvalue weighted by molar-refractivity contribution is 7.99. The molecular weight excluding hydrogens is 425 g/mol. The van der Waals surface area contributed by atoms with Crippen molar-refractivity contribution in [1.29, 1.82) is 0 Å². The number of rotatable bonds is 6. The molecule has 0 saturated heterocycles. The monoisotopic (exact) mass is 451 g/mol. The fourth-order valence-electron chi connectivity index (χ4n) is 5.49. The maximum Gasteiger partial charge on any atom is 0.266 e. The summed E-state index contributed by atoms with van der Waals surface area (Å²) in [7, 11) is 0. The molecule has 0 aliphatic heterocycles. The molecule has 3 aromatic rings. The van der Waals surface area contributed by atoms with Gasteiger partial charge in [-0.25, -0.2) is 9.37 Å². The second-order valence-electron chi connectivity index (χ2n) is 8.99. The zero-order valence-electron chi connectivity index (χ0n) is 18.0. The second-order valence-corrected chi connectivity index (χ2v) is 9.93. The number of hydrogen-bond acceptors (Lipinski definition) is 4. The summed E-state index contributed by atoms with van der Waals surface area (Å²) in [5.74, 6) is 1.63. The van der Waals surface area contributed by atoms with Gasteiger partial charge in [0.2, 0.25) is 5.91 Å². The fourth-order valence-corrected chi connectivity index (χ4v) is 6.31. The van der Waals surface area contributed by atoms with Gasteiger partial charge in [-0.2, -0.15) is 0 Å². The Hall–Kier alpha value is -2.67. The van der Waals surface area contributed by atoms with Crippen LogP contribution in [0.5, 0.6) is 0 Å². The Labute approximate surface area is 190 Å². The molecule has 0 radical (unpaired) electrons. The van der Waals surface area contributed by atoms with Crippen molar-refractivity contribution in [3.63, 3.8) is 0 Å². The van der Waals surface area contributed by atoms with Gasteiger partial charge >= 0.3 is 0 Å². The lowest BCUT2D eigenvalue weighted by Crippen LogP contribution is -2.41. The summed E-state index contributed by atoms with van der Waals surface area (Å²) >= 11 is 1.16. The number of aromatic nitrogens is 2. The molecule has 0 spiro atoms. The molecular formula is C25H26FN3O2S. The number of benzene rings is 2. The van der Waals surface area contributed by atoms with Crippen LogP contribution in [-0.2, 0) is 4.79 Å². The van der Waals surface area contributed by atoms with Crippen molar-refractivity contribution in [1.82, 2.24) is 14.9 Å². The first-order valence-electron chi connectivity index (χ1n) is 11.2. The van der Waals surface area contributed by atoms with E-state index in [0.29, 0.717) is 22.0 Å². The van der Waals surface area contributed by atoms with Gasteiger partial charge in [0.05, 0.1) is 22.3 Å². The van der Waals surface area contributed by atoms with Gasteiger partial charge in [-0.15, -0.1) is 0 Å². The van der Waals surface area contributed by atoms with Gasteiger partial charge in [0.1, 0.15) is 5.82 Å².